The molecule has 0 radical (unpaired) electrons. The SMILES string of the molecule is c1ccc(-c2ccc(N(c3ccc(-c4ccc5c(c4)c4ccccc4n5-c4ccccc4)cc3)c3ccc4c(c3)C3(c5ccccc5-4)c4ccccc4N4c5ccccc5Sc5cccc3c54)cc2)cc1. The molecule has 0 saturated heterocycles. The second kappa shape index (κ2) is 15.6. The van der Waals surface area contributed by atoms with E-state index in [4.69, 9.17) is 0 Å². The molecule has 0 N–H and O–H groups in total. The number of aromatic nitrogens is 1. The topological polar surface area (TPSA) is 11.4 Å². The number of nitrogens with zero attached hydrogens (tertiary/aromatic N) is 3. The first-order chi connectivity index (χ1) is 35.2. The van der Waals surface area contributed by atoms with Gasteiger partial charge in [-0.3, -0.25) is 0 Å². The van der Waals surface area contributed by atoms with Gasteiger partial charge in [0.2, 0.25) is 0 Å². The van der Waals surface area contributed by atoms with Crippen molar-refractivity contribution in [2.24, 2.45) is 0 Å². The van der Waals surface area contributed by atoms with Crippen LogP contribution in [-0.2, 0) is 5.41 Å². The van der Waals surface area contributed by atoms with Crippen molar-refractivity contribution in [1.29, 1.82) is 0 Å². The Bertz CT molecular complexity index is 4080. The van der Waals surface area contributed by atoms with Crippen LogP contribution in [0.25, 0.3) is 60.9 Å². The predicted molar refractivity (Wildman–Crippen MR) is 296 cm³/mol. The Morgan fingerprint density at radius 3 is 1.70 bits per heavy atom. The van der Waals surface area contributed by atoms with E-state index >= 15 is 0 Å². The highest BCUT2D eigenvalue weighted by Crippen LogP contribution is 2.67. The van der Waals surface area contributed by atoms with Crippen LogP contribution >= 0.6 is 11.8 Å². The van der Waals surface area contributed by atoms with Crippen molar-refractivity contribution < 1.29 is 0 Å². The van der Waals surface area contributed by atoms with Crippen molar-refractivity contribution in [2.45, 2.75) is 15.2 Å². The van der Waals surface area contributed by atoms with Gasteiger partial charge in [0, 0.05) is 43.3 Å². The lowest BCUT2D eigenvalue weighted by atomic mass is 9.64. The maximum atomic E-state index is 2.53. The zero-order valence-electron chi connectivity index (χ0n) is 38.6. The molecule has 1 spiro atoms. The van der Waals surface area contributed by atoms with E-state index in [0.717, 1.165) is 22.7 Å². The Labute approximate surface area is 417 Å². The molecule has 15 rings (SSSR count). The molecule has 1 aromatic heterocycles. The molecule has 12 aromatic rings. The molecule has 0 fully saturated rings. The van der Waals surface area contributed by atoms with Gasteiger partial charge < -0.3 is 14.4 Å². The van der Waals surface area contributed by atoms with Crippen molar-refractivity contribution in [1.82, 2.24) is 4.57 Å². The number of para-hydroxylation sites is 5. The minimum atomic E-state index is -0.567. The van der Waals surface area contributed by atoms with Crippen molar-refractivity contribution >= 4 is 67.7 Å². The molecule has 11 aromatic carbocycles. The normalized spacial score (nSPS) is 14.7. The van der Waals surface area contributed by atoms with E-state index in [2.05, 4.69) is 275 Å². The standard InChI is InChI=1S/C67H43N3S/c1-3-16-44(17-4-1)45-30-35-49(36-31-45)68(50-37-32-46(33-38-50)47-34-41-61-55(42-47)54-21-8-11-25-60(54)69(61)48-18-5-2-6-19-48)51-39-40-53-52-20-7-9-22-56(52)67(59(53)43-51)57-23-10-12-26-62(57)70-63-27-13-14-28-64(63)71-65-29-15-24-58(67)66(65)70/h1-43H. The number of benzene rings is 11. The first-order valence-electron chi connectivity index (χ1n) is 24.4. The van der Waals surface area contributed by atoms with Gasteiger partial charge in [-0.1, -0.05) is 182 Å². The monoisotopic (exact) mass is 921 g/mol. The number of anilines is 6. The maximum Gasteiger partial charge on any atom is 0.0755 e. The fourth-order valence-electron chi connectivity index (χ4n) is 12.2. The van der Waals surface area contributed by atoms with E-state index in [0.29, 0.717) is 0 Å². The van der Waals surface area contributed by atoms with Gasteiger partial charge in [-0.05, 0) is 147 Å². The predicted octanol–water partition coefficient (Wildman–Crippen LogP) is 18.2. The van der Waals surface area contributed by atoms with Crippen LogP contribution in [0.5, 0.6) is 0 Å². The number of hydrogen-bond donors (Lipinski definition) is 0. The van der Waals surface area contributed by atoms with Crippen LogP contribution in [0.2, 0.25) is 0 Å². The molecular formula is C67H43N3S. The van der Waals surface area contributed by atoms with Crippen LogP contribution in [0.3, 0.4) is 0 Å². The van der Waals surface area contributed by atoms with Crippen LogP contribution in [0.1, 0.15) is 22.3 Å². The minimum absolute atomic E-state index is 0.567. The van der Waals surface area contributed by atoms with Gasteiger partial charge in [0.1, 0.15) is 0 Å². The van der Waals surface area contributed by atoms with Gasteiger partial charge in [0.05, 0.1) is 33.5 Å². The lowest BCUT2D eigenvalue weighted by molar-refractivity contribution is 0.746. The van der Waals surface area contributed by atoms with Gasteiger partial charge in [0.25, 0.3) is 0 Å². The molecule has 0 bridgehead atoms. The van der Waals surface area contributed by atoms with Crippen LogP contribution in [0, 0.1) is 0 Å². The third-order valence-corrected chi connectivity index (χ3v) is 16.3. The van der Waals surface area contributed by atoms with E-state index in [1.165, 1.54) is 104 Å². The van der Waals surface area contributed by atoms with Crippen LogP contribution in [-0.4, -0.2) is 4.57 Å². The molecule has 2 aliphatic heterocycles. The molecule has 332 valence electrons. The van der Waals surface area contributed by atoms with Crippen LogP contribution in [0.15, 0.2) is 271 Å². The summed E-state index contributed by atoms with van der Waals surface area (Å²) in [6.07, 6.45) is 0. The quantitative estimate of drug-likeness (QED) is 0.165. The highest BCUT2D eigenvalue weighted by atomic mass is 32.2. The van der Waals surface area contributed by atoms with E-state index in [1.54, 1.807) is 0 Å². The van der Waals surface area contributed by atoms with Gasteiger partial charge >= 0.3 is 0 Å². The molecule has 4 heteroatoms. The van der Waals surface area contributed by atoms with E-state index < -0.39 is 5.41 Å². The van der Waals surface area contributed by atoms with Crippen LogP contribution in [0.4, 0.5) is 34.1 Å². The summed E-state index contributed by atoms with van der Waals surface area (Å²) in [7, 11) is 0. The average molecular weight is 922 g/mol. The molecule has 3 nitrogen and oxygen atoms in total. The molecule has 3 heterocycles. The Kier molecular flexibility index (Phi) is 8.81. The van der Waals surface area contributed by atoms with Gasteiger partial charge in [-0.15, -0.1) is 0 Å². The molecule has 1 atom stereocenters. The third kappa shape index (κ3) is 5.86. The van der Waals surface area contributed by atoms with Crippen LogP contribution < -0.4 is 9.80 Å². The Morgan fingerprint density at radius 2 is 0.901 bits per heavy atom. The number of hydrogen-bond acceptors (Lipinski definition) is 3. The Morgan fingerprint density at radius 1 is 0.338 bits per heavy atom. The van der Waals surface area contributed by atoms with Crippen molar-refractivity contribution in [3.8, 4) is 39.1 Å². The van der Waals surface area contributed by atoms with Gasteiger partial charge in [-0.2, -0.15) is 0 Å². The summed E-state index contributed by atoms with van der Waals surface area (Å²) in [6, 6.07) is 96.6. The zero-order chi connectivity index (χ0) is 46.6. The summed E-state index contributed by atoms with van der Waals surface area (Å²) >= 11 is 1.88. The molecule has 71 heavy (non-hydrogen) atoms. The van der Waals surface area contributed by atoms with Crippen molar-refractivity contribution in [3.05, 3.63) is 283 Å². The van der Waals surface area contributed by atoms with Gasteiger partial charge in [-0.25, -0.2) is 0 Å². The molecule has 0 saturated carbocycles. The van der Waals surface area contributed by atoms with Crippen molar-refractivity contribution in [3.63, 3.8) is 0 Å². The van der Waals surface area contributed by atoms with E-state index in [-0.39, 0.29) is 0 Å². The highest BCUT2D eigenvalue weighted by Gasteiger charge is 2.53. The summed E-state index contributed by atoms with van der Waals surface area (Å²) < 4.78 is 2.38. The second-order valence-corrected chi connectivity index (χ2v) is 19.9. The molecule has 0 amide bonds. The fourth-order valence-corrected chi connectivity index (χ4v) is 13.3. The fraction of sp³-hybridized carbons (Fsp3) is 0.0149. The first-order valence-corrected chi connectivity index (χ1v) is 25.2. The Hall–Kier alpha value is -8.83. The minimum Gasteiger partial charge on any atom is -0.310 e. The zero-order valence-corrected chi connectivity index (χ0v) is 39.4. The largest absolute Gasteiger partial charge is 0.310 e. The first kappa shape index (κ1) is 40.1. The molecule has 1 unspecified atom stereocenters. The van der Waals surface area contributed by atoms with Crippen molar-refractivity contribution in [2.75, 3.05) is 9.80 Å². The van der Waals surface area contributed by atoms with E-state index in [9.17, 15) is 0 Å². The second-order valence-electron chi connectivity index (χ2n) is 18.8. The summed E-state index contributed by atoms with van der Waals surface area (Å²) in [5.74, 6) is 0. The smallest absolute Gasteiger partial charge is 0.0755 e. The molecule has 3 aliphatic rings. The lowest BCUT2D eigenvalue weighted by Crippen LogP contribution is -2.37. The van der Waals surface area contributed by atoms with E-state index in [1.807, 2.05) is 11.8 Å². The maximum absolute atomic E-state index is 2.53. The summed E-state index contributed by atoms with van der Waals surface area (Å²) in [5.41, 5.74) is 22.6. The lowest BCUT2D eigenvalue weighted by Gasteiger charge is -2.47. The highest BCUT2D eigenvalue weighted by molar-refractivity contribution is 7.99. The Balaban J connectivity index is 0.910. The number of fused-ring (bicyclic) bond motifs is 14. The average Bonchev–Trinajstić information content (AvgIpc) is 3.93. The number of rotatable bonds is 6. The summed E-state index contributed by atoms with van der Waals surface area (Å²) in [5, 5.41) is 2.49. The molecular weight excluding hydrogens is 879 g/mol. The molecule has 1 aliphatic carbocycles. The van der Waals surface area contributed by atoms with Gasteiger partial charge in [0.15, 0.2) is 0 Å². The summed E-state index contributed by atoms with van der Waals surface area (Å²) in [6.45, 7) is 0. The summed E-state index contributed by atoms with van der Waals surface area (Å²) in [4.78, 5) is 7.52. The third-order valence-electron chi connectivity index (χ3n) is 15.2.